The lowest BCUT2D eigenvalue weighted by molar-refractivity contribution is -0.116. The van der Waals surface area contributed by atoms with Crippen LogP contribution in [0.15, 0.2) is 72.8 Å². The molecule has 184 valence electrons. The third-order valence-corrected chi connectivity index (χ3v) is 6.79. The number of carbonyl (C=O) groups excluding carboxylic acids is 3. The number of nitrogens with zero attached hydrogens (tertiary/aromatic N) is 3. The van der Waals surface area contributed by atoms with Crippen molar-refractivity contribution < 1.29 is 14.4 Å². The molecule has 1 N–H and O–H groups in total. The first-order valence-corrected chi connectivity index (χ1v) is 12.3. The minimum absolute atomic E-state index is 0.305. The lowest BCUT2D eigenvalue weighted by Crippen LogP contribution is -2.45. The second-order valence-electron chi connectivity index (χ2n) is 9.53. The highest BCUT2D eigenvalue weighted by Gasteiger charge is 2.36. The minimum Gasteiger partial charge on any atom is -0.325 e. The van der Waals surface area contributed by atoms with Crippen LogP contribution in [0.3, 0.4) is 0 Å². The van der Waals surface area contributed by atoms with Crippen molar-refractivity contribution in [1.82, 2.24) is 14.7 Å². The van der Waals surface area contributed by atoms with E-state index in [-0.39, 0.29) is 6.54 Å². The Balaban J connectivity index is 1.09. The molecule has 2 aliphatic rings. The molecule has 7 heteroatoms. The summed E-state index contributed by atoms with van der Waals surface area (Å²) in [6, 6.07) is 23.4. The largest absolute Gasteiger partial charge is 0.325 e. The molecular weight excluding hydrogens is 452 g/mol. The average Bonchev–Trinajstić information content (AvgIpc) is 3.11. The maximum Gasteiger partial charge on any atom is 0.262 e. The molecule has 1 saturated heterocycles. The summed E-state index contributed by atoms with van der Waals surface area (Å²) in [6.07, 6.45) is 0. The number of rotatable bonds is 7. The van der Waals surface area contributed by atoms with Crippen LogP contribution in [0.5, 0.6) is 0 Å². The van der Waals surface area contributed by atoms with E-state index >= 15 is 0 Å². The zero-order valence-corrected chi connectivity index (χ0v) is 20.4. The van der Waals surface area contributed by atoms with E-state index in [1.807, 2.05) is 37.3 Å². The number of benzene rings is 3. The van der Waals surface area contributed by atoms with E-state index < -0.39 is 17.7 Å². The van der Waals surface area contributed by atoms with Crippen LogP contribution in [0.25, 0.3) is 0 Å². The molecule has 0 aliphatic carbocycles. The van der Waals surface area contributed by atoms with Crippen molar-refractivity contribution in [3.05, 3.63) is 101 Å². The van der Waals surface area contributed by atoms with E-state index in [1.54, 1.807) is 18.2 Å². The van der Waals surface area contributed by atoms with Crippen molar-refractivity contribution in [1.29, 1.82) is 0 Å². The van der Waals surface area contributed by atoms with Gasteiger partial charge in [0.05, 0.1) is 11.1 Å². The third-order valence-electron chi connectivity index (χ3n) is 6.79. The minimum atomic E-state index is -0.427. The van der Waals surface area contributed by atoms with Crippen LogP contribution in [0, 0.1) is 6.92 Å². The second kappa shape index (κ2) is 10.4. The zero-order valence-electron chi connectivity index (χ0n) is 20.4. The maximum atomic E-state index is 12.6. The summed E-state index contributed by atoms with van der Waals surface area (Å²) in [7, 11) is 0. The number of piperazine rings is 1. The molecule has 36 heavy (non-hydrogen) atoms. The van der Waals surface area contributed by atoms with Gasteiger partial charge in [-0.1, -0.05) is 54.1 Å². The molecule has 3 aromatic rings. The van der Waals surface area contributed by atoms with Crippen LogP contribution in [0.1, 0.15) is 37.4 Å². The Kier molecular flexibility index (Phi) is 6.93. The number of imide groups is 1. The summed E-state index contributed by atoms with van der Waals surface area (Å²) in [4.78, 5) is 43.7. The van der Waals surface area contributed by atoms with Gasteiger partial charge in [-0.2, -0.15) is 0 Å². The Morgan fingerprint density at radius 2 is 1.33 bits per heavy atom. The summed E-state index contributed by atoms with van der Waals surface area (Å²) >= 11 is 0. The molecule has 3 aromatic carbocycles. The Morgan fingerprint density at radius 3 is 1.97 bits per heavy atom. The number of nitrogens with one attached hydrogen (secondary N) is 1. The maximum absolute atomic E-state index is 12.6. The quantitative estimate of drug-likeness (QED) is 0.522. The Morgan fingerprint density at radius 1 is 0.750 bits per heavy atom. The van der Waals surface area contributed by atoms with Gasteiger partial charge < -0.3 is 5.32 Å². The van der Waals surface area contributed by atoms with E-state index in [4.69, 9.17) is 0 Å². The number of anilines is 1. The average molecular weight is 483 g/mol. The normalized spacial score (nSPS) is 16.3. The van der Waals surface area contributed by atoms with Gasteiger partial charge in [-0.15, -0.1) is 0 Å². The first kappa shape index (κ1) is 23.9. The van der Waals surface area contributed by atoms with Gasteiger partial charge >= 0.3 is 0 Å². The van der Waals surface area contributed by atoms with E-state index in [9.17, 15) is 14.4 Å². The first-order valence-electron chi connectivity index (χ1n) is 12.3. The smallest absolute Gasteiger partial charge is 0.262 e. The van der Waals surface area contributed by atoms with Gasteiger partial charge in [0.2, 0.25) is 5.91 Å². The summed E-state index contributed by atoms with van der Waals surface area (Å²) in [5.41, 5.74) is 4.78. The van der Waals surface area contributed by atoms with E-state index in [0.717, 1.165) is 49.7 Å². The van der Waals surface area contributed by atoms with E-state index in [2.05, 4.69) is 39.4 Å². The molecule has 0 spiro atoms. The predicted octanol–water partition coefficient (Wildman–Crippen LogP) is 3.55. The molecule has 0 radical (unpaired) electrons. The van der Waals surface area contributed by atoms with Crippen molar-refractivity contribution in [3.8, 4) is 0 Å². The summed E-state index contributed by atoms with van der Waals surface area (Å²) in [6.45, 7) is 7.53. The lowest BCUT2D eigenvalue weighted by Gasteiger charge is -2.34. The highest BCUT2D eigenvalue weighted by molar-refractivity contribution is 6.22. The molecule has 2 heterocycles. The molecule has 7 nitrogen and oxygen atoms in total. The Bertz CT molecular complexity index is 1270. The van der Waals surface area contributed by atoms with Crippen molar-refractivity contribution in [2.24, 2.45) is 0 Å². The van der Waals surface area contributed by atoms with Crippen molar-refractivity contribution in [3.63, 3.8) is 0 Å². The molecular formula is C29H30N4O3. The first-order chi connectivity index (χ1) is 17.5. The number of aryl methyl sites for hydroxylation is 1. The standard InChI is InChI=1S/C29H30N4O3/c1-21-7-12-25-26(17-21)29(36)33(28(25)35)20-27(34)30-24-10-8-23(9-11-24)19-32-15-13-31(14-16-32)18-22-5-3-2-4-6-22/h2-12,17H,13-16,18-20H2,1H3,(H,30,34). The molecule has 2 aliphatic heterocycles. The lowest BCUT2D eigenvalue weighted by atomic mass is 10.1. The van der Waals surface area contributed by atoms with Gasteiger partial charge in [0.25, 0.3) is 11.8 Å². The number of carbonyl (C=O) groups is 3. The number of fused-ring (bicyclic) bond motifs is 1. The Hall–Kier alpha value is -3.81. The fraction of sp³-hybridized carbons (Fsp3) is 0.276. The highest BCUT2D eigenvalue weighted by Crippen LogP contribution is 2.24. The monoisotopic (exact) mass is 482 g/mol. The van der Waals surface area contributed by atoms with Crippen LogP contribution in [-0.2, 0) is 17.9 Å². The molecule has 0 unspecified atom stereocenters. The van der Waals surface area contributed by atoms with Gasteiger partial charge in [0.1, 0.15) is 6.54 Å². The van der Waals surface area contributed by atoms with Gasteiger partial charge in [0, 0.05) is 45.0 Å². The Labute approximate surface area is 211 Å². The van der Waals surface area contributed by atoms with Crippen LogP contribution in [-0.4, -0.2) is 65.1 Å². The van der Waals surface area contributed by atoms with Crippen LogP contribution in [0.2, 0.25) is 0 Å². The SMILES string of the molecule is Cc1ccc2c(c1)C(=O)N(CC(=O)Nc1ccc(CN3CCN(Cc4ccccc4)CC3)cc1)C2=O. The fourth-order valence-corrected chi connectivity index (χ4v) is 4.79. The van der Waals surface area contributed by atoms with Crippen LogP contribution in [0.4, 0.5) is 5.69 Å². The van der Waals surface area contributed by atoms with Gasteiger partial charge in [-0.25, -0.2) is 0 Å². The zero-order chi connectivity index (χ0) is 25.1. The molecule has 0 bridgehead atoms. The highest BCUT2D eigenvalue weighted by atomic mass is 16.2. The van der Waals surface area contributed by atoms with Gasteiger partial charge in [0.15, 0.2) is 0 Å². The third kappa shape index (κ3) is 5.37. The number of amides is 3. The van der Waals surface area contributed by atoms with Crippen molar-refractivity contribution in [2.45, 2.75) is 20.0 Å². The summed E-state index contributed by atoms with van der Waals surface area (Å²) in [5, 5.41) is 2.80. The summed E-state index contributed by atoms with van der Waals surface area (Å²) in [5.74, 6) is -1.25. The molecule has 5 rings (SSSR count). The molecule has 0 aromatic heterocycles. The molecule has 0 atom stereocenters. The number of hydrogen-bond acceptors (Lipinski definition) is 5. The van der Waals surface area contributed by atoms with E-state index in [0.29, 0.717) is 16.8 Å². The molecule has 1 fully saturated rings. The van der Waals surface area contributed by atoms with Crippen LogP contribution < -0.4 is 5.32 Å². The summed E-state index contributed by atoms with van der Waals surface area (Å²) < 4.78 is 0. The predicted molar refractivity (Wildman–Crippen MR) is 139 cm³/mol. The van der Waals surface area contributed by atoms with Gasteiger partial charge in [-0.05, 0) is 42.3 Å². The van der Waals surface area contributed by atoms with Crippen LogP contribution >= 0.6 is 0 Å². The topological polar surface area (TPSA) is 73.0 Å². The number of hydrogen-bond donors (Lipinski definition) is 1. The fourth-order valence-electron chi connectivity index (χ4n) is 4.79. The second-order valence-corrected chi connectivity index (χ2v) is 9.53. The van der Waals surface area contributed by atoms with Gasteiger partial charge in [-0.3, -0.25) is 29.1 Å². The molecule has 0 saturated carbocycles. The molecule has 3 amide bonds. The van der Waals surface area contributed by atoms with Crippen molar-refractivity contribution in [2.75, 3.05) is 38.0 Å². The van der Waals surface area contributed by atoms with Crippen molar-refractivity contribution >= 4 is 23.4 Å². The van der Waals surface area contributed by atoms with E-state index in [1.165, 1.54) is 11.1 Å².